The Balaban J connectivity index is 1.26. The van der Waals surface area contributed by atoms with Gasteiger partial charge in [0.2, 0.25) is 10.0 Å². The van der Waals surface area contributed by atoms with Gasteiger partial charge in [-0.2, -0.15) is 9.40 Å². The van der Waals surface area contributed by atoms with Gasteiger partial charge in [-0.25, -0.2) is 13.4 Å². The number of rotatable bonds is 8. The first kappa shape index (κ1) is 26.2. The number of methoxy groups -OCH3 is 1. The van der Waals surface area contributed by atoms with E-state index in [0.29, 0.717) is 49.0 Å². The first-order chi connectivity index (χ1) is 19.4. The Hall–Kier alpha value is -4.06. The molecule has 11 heteroatoms. The number of benzene rings is 3. The quantitative estimate of drug-likeness (QED) is 0.269. The van der Waals surface area contributed by atoms with E-state index < -0.39 is 10.0 Å². The third kappa shape index (κ3) is 5.10. The Morgan fingerprint density at radius 2 is 1.85 bits per heavy atom. The van der Waals surface area contributed by atoms with E-state index in [2.05, 4.69) is 5.10 Å². The Labute approximate surface area is 236 Å². The van der Waals surface area contributed by atoms with Crippen LogP contribution in [0.2, 0.25) is 0 Å². The first-order valence-corrected chi connectivity index (χ1v) is 15.1. The summed E-state index contributed by atoms with van der Waals surface area (Å²) in [5.74, 6) is 0.445. The molecule has 1 aliphatic rings. The number of sulfonamides is 1. The average molecular weight is 574 g/mol. The predicted molar refractivity (Wildman–Crippen MR) is 154 cm³/mol. The van der Waals surface area contributed by atoms with Crippen LogP contribution in [-0.2, 0) is 29.5 Å². The molecule has 9 nitrogen and oxygen atoms in total. The standard InChI is InChI=1S/C29H27N5O4S2/c1-38-24-9-12-26-27(19-24)39-29(31-26)34(18-17-32-15-4-14-30-32)28(35)22-7-10-25(11-8-22)40(36,37)33-16-13-21-5-2-3-6-23(21)20-33/h2-12,14-15,19H,13,16-18,20H2,1H3. The van der Waals surface area contributed by atoms with Crippen LogP contribution in [-0.4, -0.2) is 53.6 Å². The number of carbonyl (C=O) groups excluding carboxylic acids is 1. The van der Waals surface area contributed by atoms with E-state index in [1.807, 2.05) is 54.7 Å². The lowest BCUT2D eigenvalue weighted by molar-refractivity contribution is 0.0985. The molecule has 0 saturated carbocycles. The number of aromatic nitrogens is 3. The molecule has 5 aromatic rings. The Morgan fingerprint density at radius 3 is 2.60 bits per heavy atom. The van der Waals surface area contributed by atoms with Gasteiger partial charge in [0.1, 0.15) is 5.75 Å². The lowest BCUT2D eigenvalue weighted by Gasteiger charge is -2.28. The van der Waals surface area contributed by atoms with Gasteiger partial charge >= 0.3 is 0 Å². The summed E-state index contributed by atoms with van der Waals surface area (Å²) >= 11 is 1.40. The molecule has 1 aliphatic heterocycles. The van der Waals surface area contributed by atoms with Crippen molar-refractivity contribution in [1.82, 2.24) is 19.1 Å². The minimum Gasteiger partial charge on any atom is -0.497 e. The summed E-state index contributed by atoms with van der Waals surface area (Å²) < 4.78 is 36.3. The molecule has 2 aromatic heterocycles. The fourth-order valence-electron chi connectivity index (χ4n) is 4.80. The molecular formula is C29H27N5O4S2. The van der Waals surface area contributed by atoms with Crippen LogP contribution in [0.4, 0.5) is 5.13 Å². The van der Waals surface area contributed by atoms with Crippen LogP contribution in [0.1, 0.15) is 21.5 Å². The molecule has 0 unspecified atom stereocenters. The molecule has 40 heavy (non-hydrogen) atoms. The van der Waals surface area contributed by atoms with Crippen molar-refractivity contribution in [1.29, 1.82) is 0 Å². The number of nitrogens with zero attached hydrogens (tertiary/aromatic N) is 5. The summed E-state index contributed by atoms with van der Waals surface area (Å²) in [6.07, 6.45) is 4.20. The molecule has 6 rings (SSSR count). The van der Waals surface area contributed by atoms with E-state index in [1.165, 1.54) is 33.3 Å². The summed E-state index contributed by atoms with van der Waals surface area (Å²) in [6.45, 7) is 1.57. The SMILES string of the molecule is COc1ccc2nc(N(CCn3cccn3)C(=O)c3ccc(S(=O)(=O)N4CCc5ccccc5C4)cc3)sc2c1. The minimum absolute atomic E-state index is 0.165. The molecule has 0 atom stereocenters. The zero-order valence-electron chi connectivity index (χ0n) is 21.8. The summed E-state index contributed by atoms with van der Waals surface area (Å²) in [5, 5.41) is 4.80. The molecular weight excluding hydrogens is 546 g/mol. The number of ether oxygens (including phenoxy) is 1. The molecule has 3 aromatic carbocycles. The van der Waals surface area contributed by atoms with Crippen molar-refractivity contribution in [2.45, 2.75) is 24.4 Å². The molecule has 0 fully saturated rings. The van der Waals surface area contributed by atoms with Gasteiger partial charge < -0.3 is 4.74 Å². The van der Waals surface area contributed by atoms with E-state index in [1.54, 1.807) is 35.0 Å². The topological polar surface area (TPSA) is 97.6 Å². The molecule has 0 bridgehead atoms. The predicted octanol–water partition coefficient (Wildman–Crippen LogP) is 4.60. The van der Waals surface area contributed by atoms with Crippen molar-refractivity contribution >= 4 is 42.6 Å². The largest absolute Gasteiger partial charge is 0.497 e. The zero-order chi connectivity index (χ0) is 27.7. The average Bonchev–Trinajstić information content (AvgIpc) is 3.66. The number of hydrogen-bond acceptors (Lipinski definition) is 7. The highest BCUT2D eigenvalue weighted by Crippen LogP contribution is 2.32. The van der Waals surface area contributed by atoms with Gasteiger partial charge in [0.15, 0.2) is 5.13 Å². The maximum atomic E-state index is 13.8. The summed E-state index contributed by atoms with van der Waals surface area (Å²) in [5.41, 5.74) is 3.34. The van der Waals surface area contributed by atoms with E-state index in [0.717, 1.165) is 15.8 Å². The van der Waals surface area contributed by atoms with Crippen molar-refractivity contribution in [3.63, 3.8) is 0 Å². The van der Waals surface area contributed by atoms with Gasteiger partial charge in [0.05, 0.1) is 28.8 Å². The molecule has 0 spiro atoms. The monoisotopic (exact) mass is 573 g/mol. The number of anilines is 1. The smallest absolute Gasteiger partial charge is 0.260 e. The summed E-state index contributed by atoms with van der Waals surface area (Å²) in [7, 11) is -2.10. The Morgan fingerprint density at radius 1 is 1.05 bits per heavy atom. The van der Waals surface area contributed by atoms with Crippen molar-refractivity contribution in [3.05, 3.63) is 102 Å². The number of hydrogen-bond donors (Lipinski definition) is 0. The van der Waals surface area contributed by atoms with Gasteiger partial charge in [-0.05, 0) is 66.1 Å². The maximum absolute atomic E-state index is 13.8. The molecule has 3 heterocycles. The van der Waals surface area contributed by atoms with Crippen LogP contribution in [0.5, 0.6) is 5.75 Å². The van der Waals surface area contributed by atoms with Gasteiger partial charge in [-0.1, -0.05) is 35.6 Å². The number of thiazole rings is 1. The van der Waals surface area contributed by atoms with Gasteiger partial charge in [-0.15, -0.1) is 0 Å². The lowest BCUT2D eigenvalue weighted by atomic mass is 10.0. The van der Waals surface area contributed by atoms with Crippen LogP contribution < -0.4 is 9.64 Å². The van der Waals surface area contributed by atoms with E-state index >= 15 is 0 Å². The fraction of sp³-hybridized carbons (Fsp3) is 0.207. The third-order valence-corrected chi connectivity index (χ3v) is 9.91. The zero-order valence-corrected chi connectivity index (χ0v) is 23.4. The van der Waals surface area contributed by atoms with Crippen molar-refractivity contribution in [3.8, 4) is 5.75 Å². The number of carbonyl (C=O) groups is 1. The number of amides is 1. The Bertz CT molecular complexity index is 1770. The van der Waals surface area contributed by atoms with E-state index in [4.69, 9.17) is 9.72 Å². The van der Waals surface area contributed by atoms with Crippen LogP contribution in [0.3, 0.4) is 0 Å². The molecule has 0 aliphatic carbocycles. The molecule has 0 saturated heterocycles. The summed E-state index contributed by atoms with van der Waals surface area (Å²) in [4.78, 5) is 20.3. The minimum atomic E-state index is -3.71. The van der Waals surface area contributed by atoms with Crippen LogP contribution in [0.25, 0.3) is 10.2 Å². The molecule has 204 valence electrons. The molecule has 1 amide bonds. The summed E-state index contributed by atoms with van der Waals surface area (Å²) in [6, 6.07) is 21.5. The normalized spacial score (nSPS) is 13.7. The van der Waals surface area contributed by atoms with Crippen molar-refractivity contribution in [2.24, 2.45) is 0 Å². The highest BCUT2D eigenvalue weighted by atomic mass is 32.2. The van der Waals surface area contributed by atoms with E-state index in [-0.39, 0.29) is 10.8 Å². The first-order valence-electron chi connectivity index (χ1n) is 12.8. The van der Waals surface area contributed by atoms with Crippen LogP contribution in [0, 0.1) is 0 Å². The second-order valence-corrected chi connectivity index (χ2v) is 12.4. The van der Waals surface area contributed by atoms with Crippen molar-refractivity contribution in [2.75, 3.05) is 25.1 Å². The van der Waals surface area contributed by atoms with Crippen LogP contribution in [0.15, 0.2) is 90.1 Å². The number of fused-ring (bicyclic) bond motifs is 2. The lowest BCUT2D eigenvalue weighted by Crippen LogP contribution is -2.36. The second-order valence-electron chi connectivity index (χ2n) is 9.44. The molecule has 0 N–H and O–H groups in total. The third-order valence-electron chi connectivity index (χ3n) is 7.01. The van der Waals surface area contributed by atoms with Gasteiger partial charge in [0.25, 0.3) is 5.91 Å². The van der Waals surface area contributed by atoms with Crippen molar-refractivity contribution < 1.29 is 17.9 Å². The van der Waals surface area contributed by atoms with Gasteiger partial charge in [0, 0.05) is 37.6 Å². The second kappa shape index (κ2) is 10.8. The maximum Gasteiger partial charge on any atom is 0.260 e. The fourth-order valence-corrected chi connectivity index (χ4v) is 7.24. The molecule has 0 radical (unpaired) electrons. The highest BCUT2D eigenvalue weighted by molar-refractivity contribution is 7.89. The highest BCUT2D eigenvalue weighted by Gasteiger charge is 2.29. The van der Waals surface area contributed by atoms with Crippen LogP contribution >= 0.6 is 11.3 Å². The Kier molecular flexibility index (Phi) is 7.09. The van der Waals surface area contributed by atoms with Gasteiger partial charge in [-0.3, -0.25) is 14.4 Å². The van der Waals surface area contributed by atoms with E-state index in [9.17, 15) is 13.2 Å².